The summed E-state index contributed by atoms with van der Waals surface area (Å²) in [5.74, 6) is 7.21. The molecule has 1 aromatic carbocycles. The van der Waals surface area contributed by atoms with Gasteiger partial charge in [0.2, 0.25) is 0 Å². The van der Waals surface area contributed by atoms with Crippen molar-refractivity contribution >= 4 is 51.3 Å². The zero-order valence-corrected chi connectivity index (χ0v) is 15.7. The summed E-state index contributed by atoms with van der Waals surface area (Å²) in [6.07, 6.45) is 5.01. The molecule has 0 bridgehead atoms. The summed E-state index contributed by atoms with van der Waals surface area (Å²) in [6, 6.07) is 9.35. The van der Waals surface area contributed by atoms with Crippen molar-refractivity contribution in [3.05, 3.63) is 64.5 Å². The fourth-order valence-electron chi connectivity index (χ4n) is 2.58. The van der Waals surface area contributed by atoms with Crippen molar-refractivity contribution in [3.63, 3.8) is 0 Å². The van der Waals surface area contributed by atoms with Crippen molar-refractivity contribution in [2.24, 2.45) is 0 Å². The van der Waals surface area contributed by atoms with E-state index in [-0.39, 0.29) is 5.91 Å². The highest BCUT2D eigenvalue weighted by Gasteiger charge is 2.22. The van der Waals surface area contributed by atoms with E-state index in [4.69, 9.17) is 21.4 Å². The van der Waals surface area contributed by atoms with Crippen molar-refractivity contribution < 1.29 is 13.9 Å². The normalized spacial score (nSPS) is 14.9. The van der Waals surface area contributed by atoms with Crippen LogP contribution in [0.4, 0.5) is 0 Å². The van der Waals surface area contributed by atoms with E-state index in [1.54, 1.807) is 25.6 Å². The predicted octanol–water partition coefficient (Wildman–Crippen LogP) is 3.73. The number of fused-ring (bicyclic) bond motifs is 1. The number of thiocarbonyl (C=S) groups is 1. The molecule has 7 heteroatoms. The van der Waals surface area contributed by atoms with Crippen molar-refractivity contribution in [2.45, 2.75) is 0 Å². The molecule has 1 aliphatic rings. The smallest absolute Gasteiger partial charge is 0.263 e. The first-order chi connectivity index (χ1) is 13.1. The second-order valence-electron chi connectivity index (χ2n) is 5.56. The number of nitrogens with one attached hydrogen (secondary N) is 1. The van der Waals surface area contributed by atoms with E-state index in [0.717, 1.165) is 10.9 Å². The average molecular weight is 392 g/mol. The Bertz CT molecular complexity index is 1170. The monoisotopic (exact) mass is 392 g/mol. The fraction of sp³-hybridized carbons (Fsp3) is 0.0500. The maximum Gasteiger partial charge on any atom is 0.263 e. The standard InChI is InChI=1S/C20H12N2O3S2/c1-24-16-5-3-2-4-12(16)6-7-13-10-21-11-14-8-15(25-18(13)14)9-17-19(23)22-20(26)27-17/h2-5,8-11H,1H3,(H,22,23,26)/b17-9-. The van der Waals surface area contributed by atoms with Gasteiger partial charge in [-0.25, -0.2) is 0 Å². The first kappa shape index (κ1) is 17.3. The Labute approximate surface area is 164 Å². The summed E-state index contributed by atoms with van der Waals surface area (Å²) in [5, 5.41) is 3.39. The largest absolute Gasteiger partial charge is 0.495 e. The molecule has 0 unspecified atom stereocenters. The van der Waals surface area contributed by atoms with Gasteiger partial charge in [0.25, 0.3) is 5.91 Å². The number of benzene rings is 1. The van der Waals surface area contributed by atoms with Gasteiger partial charge in [-0.15, -0.1) is 0 Å². The summed E-state index contributed by atoms with van der Waals surface area (Å²) in [7, 11) is 1.61. The quantitative estimate of drug-likeness (QED) is 0.407. The lowest BCUT2D eigenvalue weighted by Gasteiger charge is -2.00. The van der Waals surface area contributed by atoms with E-state index in [2.05, 4.69) is 22.1 Å². The Balaban J connectivity index is 1.73. The summed E-state index contributed by atoms with van der Waals surface area (Å²) in [4.78, 5) is 16.5. The molecule has 5 nitrogen and oxygen atoms in total. The zero-order chi connectivity index (χ0) is 18.8. The molecule has 1 fully saturated rings. The van der Waals surface area contributed by atoms with Crippen LogP contribution in [0.5, 0.6) is 5.75 Å². The number of nitrogens with zero attached hydrogens (tertiary/aromatic N) is 1. The number of furan rings is 1. The maximum absolute atomic E-state index is 11.8. The van der Waals surface area contributed by atoms with Gasteiger partial charge < -0.3 is 14.5 Å². The highest BCUT2D eigenvalue weighted by Crippen LogP contribution is 2.29. The number of hydrogen-bond acceptors (Lipinski definition) is 6. The van der Waals surface area contributed by atoms with Crippen molar-refractivity contribution in [2.75, 3.05) is 7.11 Å². The molecule has 132 valence electrons. The number of thioether (sulfide) groups is 1. The number of pyridine rings is 1. The Kier molecular flexibility index (Phi) is 4.67. The lowest BCUT2D eigenvalue weighted by molar-refractivity contribution is -0.115. The molecule has 4 rings (SSSR count). The second-order valence-corrected chi connectivity index (χ2v) is 7.28. The Hall–Kier alpha value is -3.08. The van der Waals surface area contributed by atoms with Crippen LogP contribution < -0.4 is 10.1 Å². The van der Waals surface area contributed by atoms with Crippen LogP contribution in [-0.2, 0) is 4.79 Å². The molecular formula is C20H12N2O3S2. The van der Waals surface area contributed by atoms with Crippen molar-refractivity contribution in [1.29, 1.82) is 0 Å². The number of para-hydroxylation sites is 1. The second kappa shape index (κ2) is 7.27. The van der Waals surface area contributed by atoms with Crippen molar-refractivity contribution in [3.8, 4) is 17.6 Å². The van der Waals surface area contributed by atoms with Crippen LogP contribution in [0.25, 0.3) is 17.0 Å². The molecule has 0 atom stereocenters. The molecule has 0 radical (unpaired) electrons. The van der Waals surface area contributed by atoms with Gasteiger partial charge in [0.05, 0.1) is 23.1 Å². The predicted molar refractivity (Wildman–Crippen MR) is 109 cm³/mol. The highest BCUT2D eigenvalue weighted by molar-refractivity contribution is 8.26. The molecule has 1 N–H and O–H groups in total. The first-order valence-electron chi connectivity index (χ1n) is 7.91. The Morgan fingerprint density at radius 2 is 2.07 bits per heavy atom. The van der Waals surface area contributed by atoms with Crippen LogP contribution >= 0.6 is 24.0 Å². The number of carbonyl (C=O) groups excluding carboxylic acids is 1. The number of rotatable bonds is 2. The number of carbonyl (C=O) groups is 1. The first-order valence-corrected chi connectivity index (χ1v) is 9.14. The van der Waals surface area contributed by atoms with E-state index < -0.39 is 0 Å². The number of aromatic nitrogens is 1. The van der Waals surface area contributed by atoms with E-state index in [1.165, 1.54) is 11.8 Å². The van der Waals surface area contributed by atoms with E-state index >= 15 is 0 Å². The van der Waals surface area contributed by atoms with Gasteiger partial charge >= 0.3 is 0 Å². The number of methoxy groups -OCH3 is 1. The summed E-state index contributed by atoms with van der Waals surface area (Å²) in [5.41, 5.74) is 2.05. The molecule has 0 saturated carbocycles. The van der Waals surface area contributed by atoms with Gasteiger partial charge in [0, 0.05) is 23.9 Å². The molecule has 1 aliphatic heterocycles. The van der Waals surface area contributed by atoms with Crippen LogP contribution in [0.15, 0.2) is 52.0 Å². The molecular weight excluding hydrogens is 380 g/mol. The lowest BCUT2D eigenvalue weighted by Crippen LogP contribution is -2.17. The fourth-order valence-corrected chi connectivity index (χ4v) is 3.60. The maximum atomic E-state index is 11.8. The molecule has 27 heavy (non-hydrogen) atoms. The van der Waals surface area contributed by atoms with Crippen LogP contribution in [0, 0.1) is 11.8 Å². The Morgan fingerprint density at radius 3 is 2.85 bits per heavy atom. The number of ether oxygens (including phenoxy) is 1. The molecule has 3 aromatic rings. The van der Waals surface area contributed by atoms with Gasteiger partial charge in [-0.1, -0.05) is 48.0 Å². The molecule has 0 spiro atoms. The van der Waals surface area contributed by atoms with Crippen LogP contribution in [-0.4, -0.2) is 22.3 Å². The van der Waals surface area contributed by atoms with E-state index in [9.17, 15) is 4.79 Å². The number of amides is 1. The average Bonchev–Trinajstić information content (AvgIpc) is 3.22. The van der Waals surface area contributed by atoms with Crippen LogP contribution in [0.1, 0.15) is 16.9 Å². The van der Waals surface area contributed by atoms with E-state index in [0.29, 0.717) is 31.9 Å². The minimum absolute atomic E-state index is 0.222. The third-order valence-electron chi connectivity index (χ3n) is 3.80. The molecule has 1 amide bonds. The summed E-state index contributed by atoms with van der Waals surface area (Å²) in [6.45, 7) is 0. The van der Waals surface area contributed by atoms with Gasteiger partial charge in [0.1, 0.15) is 15.8 Å². The molecule has 0 aliphatic carbocycles. The summed E-state index contributed by atoms with van der Waals surface area (Å²) >= 11 is 6.21. The summed E-state index contributed by atoms with van der Waals surface area (Å²) < 4.78 is 11.7. The third-order valence-corrected chi connectivity index (χ3v) is 4.96. The van der Waals surface area contributed by atoms with E-state index in [1.807, 2.05) is 30.3 Å². The van der Waals surface area contributed by atoms with Gasteiger partial charge in [0.15, 0.2) is 5.58 Å². The van der Waals surface area contributed by atoms with Gasteiger partial charge in [-0.3, -0.25) is 9.78 Å². The van der Waals surface area contributed by atoms with Crippen LogP contribution in [0.3, 0.4) is 0 Å². The Morgan fingerprint density at radius 1 is 1.26 bits per heavy atom. The van der Waals surface area contributed by atoms with Crippen molar-refractivity contribution in [1.82, 2.24) is 10.3 Å². The van der Waals surface area contributed by atoms with Gasteiger partial charge in [-0.05, 0) is 18.2 Å². The molecule has 1 saturated heterocycles. The molecule has 3 heterocycles. The van der Waals surface area contributed by atoms with Crippen LogP contribution in [0.2, 0.25) is 0 Å². The lowest BCUT2D eigenvalue weighted by atomic mass is 10.1. The minimum Gasteiger partial charge on any atom is -0.495 e. The number of hydrogen-bond donors (Lipinski definition) is 1. The topological polar surface area (TPSA) is 64.4 Å². The minimum atomic E-state index is -0.222. The van der Waals surface area contributed by atoms with Gasteiger partial charge in [-0.2, -0.15) is 0 Å². The highest BCUT2D eigenvalue weighted by atomic mass is 32.2. The third kappa shape index (κ3) is 3.58. The molecule has 2 aromatic heterocycles. The zero-order valence-electron chi connectivity index (χ0n) is 14.1. The SMILES string of the molecule is COc1ccccc1C#Cc1cncc2cc(/C=C3\SC(=S)NC3=O)oc12.